The quantitative estimate of drug-likeness (QED) is 0.566. The third-order valence-corrected chi connectivity index (χ3v) is 1.88. The number of aldehydes is 1. The predicted octanol–water partition coefficient (Wildman–Crippen LogP) is 1.61. The fourth-order valence-corrected chi connectivity index (χ4v) is 1.03. The third-order valence-electron chi connectivity index (χ3n) is 1.88. The lowest BCUT2D eigenvalue weighted by molar-refractivity contribution is 0.112. The average Bonchev–Trinajstić information content (AvgIpc) is 2.18. The van der Waals surface area contributed by atoms with Crippen molar-refractivity contribution in [1.29, 1.82) is 0 Å². The summed E-state index contributed by atoms with van der Waals surface area (Å²) in [6, 6.07) is 4.74. The number of carbonyl (C=O) groups is 1. The van der Waals surface area contributed by atoms with Gasteiger partial charge in [0.05, 0.1) is 5.56 Å². The number of methoxy groups -OCH3 is 1. The van der Waals surface area contributed by atoms with Crippen molar-refractivity contribution in [3.63, 3.8) is 0 Å². The first-order valence-corrected chi connectivity index (χ1v) is 4.25. The Morgan fingerprint density at radius 1 is 1.57 bits per heavy atom. The number of anilines is 1. The van der Waals surface area contributed by atoms with E-state index in [0.29, 0.717) is 12.0 Å². The normalized spacial score (nSPS) is 12.1. The summed E-state index contributed by atoms with van der Waals surface area (Å²) in [6.07, 6.45) is 0.468. The highest BCUT2D eigenvalue weighted by atomic mass is 16.5. The molecule has 76 valence electrons. The van der Waals surface area contributed by atoms with Crippen molar-refractivity contribution >= 4 is 12.0 Å². The van der Waals surface area contributed by atoms with Gasteiger partial charge in [0, 0.05) is 18.9 Å². The van der Waals surface area contributed by atoms with E-state index in [2.05, 4.69) is 5.32 Å². The van der Waals surface area contributed by atoms with Gasteiger partial charge >= 0.3 is 0 Å². The molecule has 1 atom stereocenters. The van der Waals surface area contributed by atoms with Crippen LogP contribution >= 0.6 is 0 Å². The molecule has 0 aliphatic rings. The molecule has 0 bridgehead atoms. The van der Waals surface area contributed by atoms with Gasteiger partial charge in [0.15, 0.2) is 6.29 Å². The second-order valence-electron chi connectivity index (χ2n) is 2.91. The van der Waals surface area contributed by atoms with Crippen LogP contribution < -0.4 is 5.32 Å². The van der Waals surface area contributed by atoms with E-state index in [-0.39, 0.29) is 17.5 Å². The summed E-state index contributed by atoms with van der Waals surface area (Å²) in [6.45, 7) is 1.84. The van der Waals surface area contributed by atoms with E-state index in [1.54, 1.807) is 19.2 Å². The van der Waals surface area contributed by atoms with Crippen LogP contribution in [-0.2, 0) is 4.74 Å². The van der Waals surface area contributed by atoms with Crippen LogP contribution in [0.5, 0.6) is 5.75 Å². The summed E-state index contributed by atoms with van der Waals surface area (Å²) >= 11 is 0. The molecule has 4 nitrogen and oxygen atoms in total. The molecule has 14 heavy (non-hydrogen) atoms. The Hall–Kier alpha value is -1.55. The second kappa shape index (κ2) is 4.62. The summed E-state index contributed by atoms with van der Waals surface area (Å²) < 4.78 is 4.99. The number of benzene rings is 1. The molecule has 1 unspecified atom stereocenters. The molecule has 1 rings (SSSR count). The number of carbonyl (C=O) groups excluding carboxylic acids is 1. The fraction of sp³-hybridized carbons (Fsp3) is 0.300. The minimum absolute atomic E-state index is 0.0340. The number of nitrogens with one attached hydrogen (secondary N) is 1. The van der Waals surface area contributed by atoms with Crippen LogP contribution in [0.3, 0.4) is 0 Å². The maximum atomic E-state index is 10.4. The average molecular weight is 195 g/mol. The van der Waals surface area contributed by atoms with Gasteiger partial charge in [-0.05, 0) is 19.1 Å². The van der Waals surface area contributed by atoms with Crippen molar-refractivity contribution < 1.29 is 14.6 Å². The number of ether oxygens (including phenoxy) is 1. The lowest BCUT2D eigenvalue weighted by atomic mass is 10.2. The molecule has 1 aromatic carbocycles. The zero-order valence-corrected chi connectivity index (χ0v) is 8.15. The summed E-state index contributed by atoms with van der Waals surface area (Å²) in [5.74, 6) is -0.0340. The predicted molar refractivity (Wildman–Crippen MR) is 53.6 cm³/mol. The molecule has 4 heteroatoms. The van der Waals surface area contributed by atoms with Gasteiger partial charge in [0.25, 0.3) is 0 Å². The highest BCUT2D eigenvalue weighted by Crippen LogP contribution is 2.20. The number of phenols is 1. The van der Waals surface area contributed by atoms with E-state index in [4.69, 9.17) is 4.74 Å². The van der Waals surface area contributed by atoms with Crippen molar-refractivity contribution in [1.82, 2.24) is 0 Å². The largest absolute Gasteiger partial charge is 0.507 e. The van der Waals surface area contributed by atoms with Crippen LogP contribution in [0, 0.1) is 0 Å². The van der Waals surface area contributed by atoms with Gasteiger partial charge in [-0.2, -0.15) is 0 Å². The lowest BCUT2D eigenvalue weighted by Crippen LogP contribution is -2.16. The van der Waals surface area contributed by atoms with E-state index >= 15 is 0 Å². The molecule has 0 saturated carbocycles. The number of hydrogen-bond donors (Lipinski definition) is 2. The van der Waals surface area contributed by atoms with Crippen molar-refractivity contribution in [2.75, 3.05) is 12.4 Å². The van der Waals surface area contributed by atoms with E-state index in [1.807, 2.05) is 6.92 Å². The van der Waals surface area contributed by atoms with E-state index < -0.39 is 0 Å². The highest BCUT2D eigenvalue weighted by molar-refractivity contribution is 5.80. The molecule has 0 aliphatic carbocycles. The summed E-state index contributed by atoms with van der Waals surface area (Å²) in [4.78, 5) is 10.4. The number of phenolic OH excluding ortho intramolecular Hbond substituents is 1. The van der Waals surface area contributed by atoms with E-state index in [1.165, 1.54) is 6.07 Å². The van der Waals surface area contributed by atoms with Gasteiger partial charge in [-0.15, -0.1) is 0 Å². The van der Waals surface area contributed by atoms with Gasteiger partial charge in [0.2, 0.25) is 0 Å². The Balaban J connectivity index is 2.81. The Morgan fingerprint density at radius 2 is 2.29 bits per heavy atom. The van der Waals surface area contributed by atoms with E-state index in [0.717, 1.165) is 0 Å². The van der Waals surface area contributed by atoms with E-state index in [9.17, 15) is 9.90 Å². The van der Waals surface area contributed by atoms with Crippen molar-refractivity contribution in [2.24, 2.45) is 0 Å². The molecule has 0 heterocycles. The Bertz CT molecular complexity index is 325. The molecular formula is C10H13NO3. The lowest BCUT2D eigenvalue weighted by Gasteiger charge is -2.13. The minimum Gasteiger partial charge on any atom is -0.507 e. The zero-order valence-electron chi connectivity index (χ0n) is 8.15. The van der Waals surface area contributed by atoms with Crippen LogP contribution in [0.2, 0.25) is 0 Å². The molecule has 0 saturated heterocycles. The van der Waals surface area contributed by atoms with Crippen molar-refractivity contribution in [2.45, 2.75) is 13.2 Å². The first-order valence-electron chi connectivity index (χ1n) is 4.25. The smallest absolute Gasteiger partial charge is 0.153 e. The summed E-state index contributed by atoms with van der Waals surface area (Å²) in [7, 11) is 1.58. The first-order chi connectivity index (χ1) is 6.67. The minimum atomic E-state index is -0.142. The first kappa shape index (κ1) is 10.5. The van der Waals surface area contributed by atoms with Gasteiger partial charge < -0.3 is 15.2 Å². The van der Waals surface area contributed by atoms with Crippen LogP contribution in [0.4, 0.5) is 5.69 Å². The Kier molecular flexibility index (Phi) is 3.48. The molecular weight excluding hydrogens is 182 g/mol. The topological polar surface area (TPSA) is 58.6 Å². The van der Waals surface area contributed by atoms with Gasteiger partial charge in [-0.25, -0.2) is 0 Å². The second-order valence-corrected chi connectivity index (χ2v) is 2.91. The highest BCUT2D eigenvalue weighted by Gasteiger charge is 2.03. The molecule has 0 aliphatic heterocycles. The maximum Gasteiger partial charge on any atom is 0.153 e. The van der Waals surface area contributed by atoms with Crippen molar-refractivity contribution in [3.05, 3.63) is 23.8 Å². The molecule has 2 N–H and O–H groups in total. The Morgan fingerprint density at radius 3 is 2.79 bits per heavy atom. The standard InChI is InChI=1S/C10H13NO3/c1-7(14-2)11-9-4-3-8(6-12)10(13)5-9/h3-7,11,13H,1-2H3. The molecule has 0 radical (unpaired) electrons. The van der Waals surface area contributed by atoms with Crippen molar-refractivity contribution in [3.8, 4) is 5.75 Å². The molecule has 1 aromatic rings. The van der Waals surface area contributed by atoms with Crippen LogP contribution in [0.1, 0.15) is 17.3 Å². The van der Waals surface area contributed by atoms with Gasteiger partial charge in [-0.3, -0.25) is 4.79 Å². The van der Waals surface area contributed by atoms with Crippen LogP contribution in [0.25, 0.3) is 0 Å². The number of aromatic hydroxyl groups is 1. The van der Waals surface area contributed by atoms with Gasteiger partial charge in [-0.1, -0.05) is 0 Å². The molecule has 0 amide bonds. The molecule has 0 spiro atoms. The monoisotopic (exact) mass is 195 g/mol. The number of hydrogen-bond acceptors (Lipinski definition) is 4. The van der Waals surface area contributed by atoms with Crippen LogP contribution in [-0.4, -0.2) is 24.7 Å². The molecule has 0 fully saturated rings. The molecule has 0 aromatic heterocycles. The summed E-state index contributed by atoms with van der Waals surface area (Å²) in [5, 5.41) is 12.4. The maximum absolute atomic E-state index is 10.4. The zero-order chi connectivity index (χ0) is 10.6. The van der Waals surface area contributed by atoms with Crippen LogP contribution in [0.15, 0.2) is 18.2 Å². The summed E-state index contributed by atoms with van der Waals surface area (Å²) in [5.41, 5.74) is 0.989. The number of rotatable bonds is 4. The SMILES string of the molecule is COC(C)Nc1ccc(C=O)c(O)c1. The fourth-order valence-electron chi connectivity index (χ4n) is 1.03. The Labute approximate surface area is 82.5 Å². The van der Waals surface area contributed by atoms with Gasteiger partial charge in [0.1, 0.15) is 12.0 Å². The third kappa shape index (κ3) is 2.47.